The number of anilines is 1. The number of benzene rings is 1. The molecule has 2 aliphatic rings. The van der Waals surface area contributed by atoms with Gasteiger partial charge < -0.3 is 11.1 Å². The van der Waals surface area contributed by atoms with Gasteiger partial charge in [0.05, 0.1) is 5.41 Å². The summed E-state index contributed by atoms with van der Waals surface area (Å²) in [6.07, 6.45) is 2.24. The van der Waals surface area contributed by atoms with E-state index in [1.165, 1.54) is 11.1 Å². The van der Waals surface area contributed by atoms with Gasteiger partial charge in [-0.3, -0.25) is 4.79 Å². The molecule has 0 unspecified atom stereocenters. The maximum atomic E-state index is 12.4. The summed E-state index contributed by atoms with van der Waals surface area (Å²) in [6, 6.07) is 5.90. The molecular formula is C15H17N3O. The number of amides is 1. The second kappa shape index (κ2) is 3.95. The largest absolute Gasteiger partial charge is 0.399 e. The van der Waals surface area contributed by atoms with Crippen molar-refractivity contribution in [2.45, 2.75) is 26.2 Å². The Morgan fingerprint density at radius 1 is 1.42 bits per heavy atom. The van der Waals surface area contributed by atoms with Crippen molar-refractivity contribution >= 4 is 18.3 Å². The molecule has 0 radical (unpaired) electrons. The molecule has 1 heterocycles. The van der Waals surface area contributed by atoms with Crippen molar-refractivity contribution in [1.82, 2.24) is 5.32 Å². The van der Waals surface area contributed by atoms with Crippen LogP contribution < -0.4 is 11.1 Å². The zero-order valence-corrected chi connectivity index (χ0v) is 11.0. The number of nitrogens with two attached hydrogens (primary N) is 1. The third kappa shape index (κ3) is 1.52. The van der Waals surface area contributed by atoms with Crippen LogP contribution in [0.2, 0.25) is 0 Å². The first-order chi connectivity index (χ1) is 9.10. The summed E-state index contributed by atoms with van der Waals surface area (Å²) in [7, 11) is 0. The van der Waals surface area contributed by atoms with E-state index < -0.39 is 5.41 Å². The number of hydrogen-bond donors (Lipinski definition) is 2. The van der Waals surface area contributed by atoms with Gasteiger partial charge >= 0.3 is 0 Å². The summed E-state index contributed by atoms with van der Waals surface area (Å²) < 4.78 is 0. The molecular weight excluding hydrogens is 238 g/mol. The van der Waals surface area contributed by atoms with Crippen LogP contribution in [0.25, 0.3) is 0 Å². The molecule has 19 heavy (non-hydrogen) atoms. The van der Waals surface area contributed by atoms with Crippen LogP contribution in [0, 0.1) is 5.41 Å². The van der Waals surface area contributed by atoms with Crippen LogP contribution in [-0.2, 0) is 17.6 Å². The fourth-order valence-corrected chi connectivity index (χ4v) is 3.38. The quantitative estimate of drug-likeness (QED) is 0.625. The Kier molecular flexibility index (Phi) is 2.49. The van der Waals surface area contributed by atoms with Gasteiger partial charge in [-0.1, -0.05) is 13.0 Å². The molecule has 3 rings (SSSR count). The zero-order valence-electron chi connectivity index (χ0n) is 11.0. The third-order valence-electron chi connectivity index (χ3n) is 4.26. The van der Waals surface area contributed by atoms with E-state index in [-0.39, 0.29) is 5.91 Å². The maximum absolute atomic E-state index is 12.4. The Bertz CT molecular complexity index is 618. The van der Waals surface area contributed by atoms with Crippen LogP contribution in [0.15, 0.2) is 34.6 Å². The van der Waals surface area contributed by atoms with E-state index >= 15 is 0 Å². The SMILES string of the molecule is C=NC1=C(CC)[C@]2(Cc3ccc(N)cc3C2)C(=O)N1. The predicted octanol–water partition coefficient (Wildman–Crippen LogP) is 1.81. The summed E-state index contributed by atoms with van der Waals surface area (Å²) >= 11 is 0. The Labute approximate surface area is 112 Å². The molecule has 1 aliphatic heterocycles. The van der Waals surface area contributed by atoms with E-state index in [9.17, 15) is 4.79 Å². The van der Waals surface area contributed by atoms with E-state index in [1.807, 2.05) is 18.2 Å². The van der Waals surface area contributed by atoms with Gasteiger partial charge in [0, 0.05) is 5.69 Å². The van der Waals surface area contributed by atoms with Crippen LogP contribution in [0.1, 0.15) is 24.5 Å². The monoisotopic (exact) mass is 255 g/mol. The number of fused-ring (bicyclic) bond motifs is 1. The molecule has 1 aromatic rings. The maximum Gasteiger partial charge on any atom is 0.236 e. The van der Waals surface area contributed by atoms with Crippen molar-refractivity contribution in [2.75, 3.05) is 5.73 Å². The van der Waals surface area contributed by atoms with Crippen LogP contribution in [-0.4, -0.2) is 12.6 Å². The average Bonchev–Trinajstić information content (AvgIpc) is 2.88. The van der Waals surface area contributed by atoms with E-state index in [1.54, 1.807) is 0 Å². The van der Waals surface area contributed by atoms with Gasteiger partial charge in [-0.25, -0.2) is 4.99 Å². The fraction of sp³-hybridized carbons (Fsp3) is 0.333. The molecule has 3 N–H and O–H groups in total. The van der Waals surface area contributed by atoms with E-state index in [4.69, 9.17) is 5.73 Å². The van der Waals surface area contributed by atoms with Crippen molar-refractivity contribution in [1.29, 1.82) is 0 Å². The average molecular weight is 255 g/mol. The van der Waals surface area contributed by atoms with E-state index in [0.717, 1.165) is 24.1 Å². The number of aliphatic imine (C=N–C) groups is 1. The van der Waals surface area contributed by atoms with E-state index in [0.29, 0.717) is 12.2 Å². The number of carbonyl (C=O) groups excluding carboxylic acids is 1. The number of nitrogens with one attached hydrogen (secondary N) is 1. The highest BCUT2D eigenvalue weighted by Gasteiger charge is 2.51. The van der Waals surface area contributed by atoms with Crippen molar-refractivity contribution in [3.05, 3.63) is 40.7 Å². The molecule has 98 valence electrons. The molecule has 1 amide bonds. The predicted molar refractivity (Wildman–Crippen MR) is 75.7 cm³/mol. The molecule has 1 aromatic carbocycles. The molecule has 4 nitrogen and oxygen atoms in total. The first-order valence-corrected chi connectivity index (χ1v) is 6.50. The second-order valence-electron chi connectivity index (χ2n) is 5.26. The minimum Gasteiger partial charge on any atom is -0.399 e. The van der Waals surface area contributed by atoms with Crippen molar-refractivity contribution < 1.29 is 4.79 Å². The summed E-state index contributed by atoms with van der Waals surface area (Å²) in [6.45, 7) is 5.61. The standard InChI is InChI=1S/C15H17N3O/c1-3-12-13(17-2)18-14(19)15(12)7-9-4-5-11(16)6-10(9)8-15/h4-6H,2-3,7-8,16H2,1H3,(H,18,19)/t15-/m1/s1. The van der Waals surface area contributed by atoms with Crippen molar-refractivity contribution in [3.63, 3.8) is 0 Å². The van der Waals surface area contributed by atoms with Gasteiger partial charge in [-0.15, -0.1) is 0 Å². The molecule has 0 saturated carbocycles. The summed E-state index contributed by atoms with van der Waals surface area (Å²) in [5, 5.41) is 2.87. The fourth-order valence-electron chi connectivity index (χ4n) is 3.38. The third-order valence-corrected chi connectivity index (χ3v) is 4.26. The zero-order chi connectivity index (χ0) is 13.6. The summed E-state index contributed by atoms with van der Waals surface area (Å²) in [5.41, 5.74) is 9.56. The minimum absolute atomic E-state index is 0.0431. The number of carbonyl (C=O) groups is 1. The van der Waals surface area contributed by atoms with Gasteiger partial charge in [0.25, 0.3) is 0 Å². The minimum atomic E-state index is -0.471. The van der Waals surface area contributed by atoms with Gasteiger partial charge in [-0.2, -0.15) is 0 Å². The molecule has 0 bridgehead atoms. The highest BCUT2D eigenvalue weighted by molar-refractivity contribution is 5.92. The molecule has 1 aliphatic carbocycles. The summed E-state index contributed by atoms with van der Waals surface area (Å²) in [4.78, 5) is 16.4. The lowest BCUT2D eigenvalue weighted by Crippen LogP contribution is -2.35. The normalized spacial score (nSPS) is 24.8. The van der Waals surface area contributed by atoms with Crippen LogP contribution in [0.4, 0.5) is 5.69 Å². The molecule has 0 fully saturated rings. The first kappa shape index (κ1) is 12.0. The molecule has 1 atom stereocenters. The van der Waals surface area contributed by atoms with Gasteiger partial charge in [0.15, 0.2) is 0 Å². The Morgan fingerprint density at radius 2 is 2.16 bits per heavy atom. The highest BCUT2D eigenvalue weighted by Crippen LogP contribution is 2.48. The molecule has 0 saturated heterocycles. The van der Waals surface area contributed by atoms with Crippen LogP contribution >= 0.6 is 0 Å². The molecule has 4 heteroatoms. The lowest BCUT2D eigenvalue weighted by atomic mass is 9.77. The molecule has 1 spiro atoms. The smallest absolute Gasteiger partial charge is 0.236 e. The number of nitrogens with zero attached hydrogens (tertiary/aromatic N) is 1. The Morgan fingerprint density at radius 3 is 2.84 bits per heavy atom. The second-order valence-corrected chi connectivity index (χ2v) is 5.26. The molecule has 0 aromatic heterocycles. The van der Waals surface area contributed by atoms with Crippen molar-refractivity contribution in [2.24, 2.45) is 10.4 Å². The first-order valence-electron chi connectivity index (χ1n) is 6.50. The van der Waals surface area contributed by atoms with Crippen LogP contribution in [0.5, 0.6) is 0 Å². The van der Waals surface area contributed by atoms with Gasteiger partial charge in [-0.05, 0) is 54.8 Å². The Balaban J connectivity index is 2.10. The number of nitrogen functional groups attached to an aromatic ring is 1. The Hall–Kier alpha value is -2.10. The summed E-state index contributed by atoms with van der Waals surface area (Å²) in [5.74, 6) is 0.690. The lowest BCUT2D eigenvalue weighted by molar-refractivity contribution is -0.126. The topological polar surface area (TPSA) is 67.5 Å². The highest BCUT2D eigenvalue weighted by atomic mass is 16.2. The lowest BCUT2D eigenvalue weighted by Gasteiger charge is -2.23. The van der Waals surface area contributed by atoms with Gasteiger partial charge in [0.1, 0.15) is 5.82 Å². The number of rotatable bonds is 2. The van der Waals surface area contributed by atoms with Crippen molar-refractivity contribution in [3.8, 4) is 0 Å². The van der Waals surface area contributed by atoms with Gasteiger partial charge in [0.2, 0.25) is 5.91 Å². The number of hydrogen-bond acceptors (Lipinski definition) is 3. The van der Waals surface area contributed by atoms with Crippen LogP contribution in [0.3, 0.4) is 0 Å². The van der Waals surface area contributed by atoms with E-state index in [2.05, 4.69) is 24.0 Å².